The Hall–Kier alpha value is -2.67. The van der Waals surface area contributed by atoms with Crippen LogP contribution in [0.3, 0.4) is 0 Å². The lowest BCUT2D eigenvalue weighted by Crippen LogP contribution is -2.45. The van der Waals surface area contributed by atoms with E-state index in [0.29, 0.717) is 42.5 Å². The molecule has 3 rings (SSSR count). The number of amides is 2. The number of nitrogens with one attached hydrogen (secondary N) is 1. The first-order valence-corrected chi connectivity index (χ1v) is 8.66. The number of fused-ring (bicyclic) bond motifs is 1. The number of rotatable bonds is 5. The van der Waals surface area contributed by atoms with Gasteiger partial charge in [-0.05, 0) is 48.6 Å². The standard InChI is InChI=1S/C19H22N2O5/c1-2-17(22)20-13-3-4-14-15(9-13)16(19(24)25)11-21(18(14)23)10-12-5-7-26-8-6-12/h2-4,9,12,16H,1,5-8,10-11H2,(H,20,22)(H,24,25)/t16-/m1/s1. The number of nitrogens with zero attached hydrogens (tertiary/aromatic N) is 1. The lowest BCUT2D eigenvalue weighted by atomic mass is 9.87. The van der Waals surface area contributed by atoms with Crippen molar-refractivity contribution in [3.05, 3.63) is 42.0 Å². The fraction of sp³-hybridized carbons (Fsp3) is 0.421. The first-order valence-electron chi connectivity index (χ1n) is 8.66. The summed E-state index contributed by atoms with van der Waals surface area (Å²) in [6.07, 6.45) is 2.89. The van der Waals surface area contributed by atoms with Gasteiger partial charge >= 0.3 is 5.97 Å². The van der Waals surface area contributed by atoms with E-state index in [1.807, 2.05) is 0 Å². The lowest BCUT2D eigenvalue weighted by molar-refractivity contribution is -0.139. The third-order valence-electron chi connectivity index (χ3n) is 4.92. The summed E-state index contributed by atoms with van der Waals surface area (Å²) < 4.78 is 5.35. The van der Waals surface area contributed by atoms with Gasteiger partial charge in [-0.3, -0.25) is 14.4 Å². The number of carbonyl (C=O) groups is 3. The number of ether oxygens (including phenoxy) is 1. The predicted octanol–water partition coefficient (Wildman–Crippen LogP) is 1.86. The molecule has 26 heavy (non-hydrogen) atoms. The molecular formula is C19H22N2O5. The molecular weight excluding hydrogens is 336 g/mol. The maximum atomic E-state index is 12.8. The van der Waals surface area contributed by atoms with E-state index in [1.54, 1.807) is 23.1 Å². The third kappa shape index (κ3) is 3.77. The van der Waals surface area contributed by atoms with E-state index < -0.39 is 11.9 Å². The fourth-order valence-corrected chi connectivity index (χ4v) is 3.50. The van der Waals surface area contributed by atoms with Gasteiger partial charge in [-0.2, -0.15) is 0 Å². The zero-order chi connectivity index (χ0) is 18.7. The molecule has 0 saturated carbocycles. The quantitative estimate of drug-likeness (QED) is 0.783. The van der Waals surface area contributed by atoms with Crippen LogP contribution >= 0.6 is 0 Å². The highest BCUT2D eigenvalue weighted by molar-refractivity contribution is 6.02. The van der Waals surface area contributed by atoms with Crippen molar-refractivity contribution in [2.24, 2.45) is 5.92 Å². The third-order valence-corrected chi connectivity index (χ3v) is 4.92. The summed E-state index contributed by atoms with van der Waals surface area (Å²) in [5, 5.41) is 12.3. The molecule has 0 unspecified atom stereocenters. The van der Waals surface area contributed by atoms with Crippen LogP contribution in [0.1, 0.15) is 34.7 Å². The second-order valence-corrected chi connectivity index (χ2v) is 6.65. The van der Waals surface area contributed by atoms with Crippen molar-refractivity contribution in [3.63, 3.8) is 0 Å². The topological polar surface area (TPSA) is 95.9 Å². The van der Waals surface area contributed by atoms with Crippen molar-refractivity contribution >= 4 is 23.5 Å². The van der Waals surface area contributed by atoms with Gasteiger partial charge < -0.3 is 20.1 Å². The van der Waals surface area contributed by atoms with Gasteiger partial charge in [0.25, 0.3) is 5.91 Å². The molecule has 2 aliphatic heterocycles. The predicted molar refractivity (Wildman–Crippen MR) is 95.1 cm³/mol. The largest absolute Gasteiger partial charge is 0.481 e. The number of carboxylic acid groups (broad SMARTS) is 1. The van der Waals surface area contributed by atoms with E-state index in [1.165, 1.54) is 0 Å². The average molecular weight is 358 g/mol. The van der Waals surface area contributed by atoms with Gasteiger partial charge in [0, 0.05) is 37.6 Å². The van der Waals surface area contributed by atoms with Crippen molar-refractivity contribution in [1.29, 1.82) is 0 Å². The Morgan fingerprint density at radius 2 is 2.08 bits per heavy atom. The first kappa shape index (κ1) is 18.1. The number of carboxylic acids is 1. The summed E-state index contributed by atoms with van der Waals surface area (Å²) in [5.41, 5.74) is 1.27. The van der Waals surface area contributed by atoms with Gasteiger partial charge in [0.05, 0.1) is 0 Å². The molecule has 0 aromatic heterocycles. The molecule has 2 N–H and O–H groups in total. The van der Waals surface area contributed by atoms with Crippen molar-refractivity contribution < 1.29 is 24.2 Å². The zero-order valence-electron chi connectivity index (χ0n) is 14.4. The summed E-state index contributed by atoms with van der Waals surface area (Å²) in [6, 6.07) is 4.76. The molecule has 0 bridgehead atoms. The Bertz CT molecular complexity index is 739. The summed E-state index contributed by atoms with van der Waals surface area (Å²) >= 11 is 0. The van der Waals surface area contributed by atoms with E-state index in [9.17, 15) is 19.5 Å². The molecule has 138 valence electrons. The van der Waals surface area contributed by atoms with Crippen LogP contribution in [0.4, 0.5) is 5.69 Å². The van der Waals surface area contributed by atoms with E-state index >= 15 is 0 Å². The Kier molecular flexibility index (Phi) is 5.37. The molecule has 0 aliphatic carbocycles. The Morgan fingerprint density at radius 3 is 2.73 bits per heavy atom. The highest BCUT2D eigenvalue weighted by atomic mass is 16.5. The van der Waals surface area contributed by atoms with Crippen molar-refractivity contribution in [1.82, 2.24) is 4.90 Å². The average Bonchev–Trinajstić information content (AvgIpc) is 2.64. The molecule has 7 nitrogen and oxygen atoms in total. The van der Waals surface area contributed by atoms with Crippen LogP contribution < -0.4 is 5.32 Å². The highest BCUT2D eigenvalue weighted by Gasteiger charge is 2.36. The van der Waals surface area contributed by atoms with Crippen LogP contribution in [0.25, 0.3) is 0 Å². The lowest BCUT2D eigenvalue weighted by Gasteiger charge is -2.36. The summed E-state index contributed by atoms with van der Waals surface area (Å²) in [4.78, 5) is 37.7. The number of anilines is 1. The van der Waals surface area contributed by atoms with Gasteiger partial charge in [-0.25, -0.2) is 0 Å². The Morgan fingerprint density at radius 1 is 1.35 bits per heavy atom. The van der Waals surface area contributed by atoms with E-state index in [4.69, 9.17) is 4.74 Å². The van der Waals surface area contributed by atoms with E-state index in [2.05, 4.69) is 11.9 Å². The molecule has 0 spiro atoms. The Balaban J connectivity index is 1.86. The Labute approximate surface area is 151 Å². The fourth-order valence-electron chi connectivity index (χ4n) is 3.50. The SMILES string of the molecule is C=CC(=O)Nc1ccc2c(c1)[C@H](C(=O)O)CN(CC1CCOCC1)C2=O. The molecule has 1 saturated heterocycles. The highest BCUT2D eigenvalue weighted by Crippen LogP contribution is 2.32. The molecule has 2 heterocycles. The monoisotopic (exact) mass is 358 g/mol. The van der Waals surface area contributed by atoms with Crippen LogP contribution in [-0.2, 0) is 14.3 Å². The van der Waals surface area contributed by atoms with Gasteiger partial charge in [0.15, 0.2) is 0 Å². The number of aliphatic carboxylic acids is 1. The molecule has 2 aliphatic rings. The minimum absolute atomic E-state index is 0.136. The molecule has 1 aromatic rings. The summed E-state index contributed by atoms with van der Waals surface area (Å²) in [6.45, 7) is 5.42. The zero-order valence-corrected chi connectivity index (χ0v) is 14.4. The molecule has 7 heteroatoms. The first-order chi connectivity index (χ1) is 12.5. The normalized spacial score (nSPS) is 20.4. The molecule has 2 amide bonds. The molecule has 0 radical (unpaired) electrons. The summed E-state index contributed by atoms with van der Waals surface area (Å²) in [5.74, 6) is -2.02. The summed E-state index contributed by atoms with van der Waals surface area (Å²) in [7, 11) is 0. The van der Waals surface area contributed by atoms with Crippen molar-refractivity contribution in [2.45, 2.75) is 18.8 Å². The molecule has 1 aromatic carbocycles. The smallest absolute Gasteiger partial charge is 0.312 e. The second kappa shape index (κ2) is 7.70. The van der Waals surface area contributed by atoms with Crippen molar-refractivity contribution in [2.75, 3.05) is 31.6 Å². The minimum Gasteiger partial charge on any atom is -0.481 e. The number of benzene rings is 1. The number of carbonyl (C=O) groups excluding carboxylic acids is 2. The minimum atomic E-state index is -0.983. The van der Waals surface area contributed by atoms with Crippen LogP contribution in [0, 0.1) is 5.92 Å². The van der Waals surface area contributed by atoms with Crippen LogP contribution in [0.2, 0.25) is 0 Å². The van der Waals surface area contributed by atoms with Crippen LogP contribution in [0.15, 0.2) is 30.9 Å². The van der Waals surface area contributed by atoms with Crippen LogP contribution in [0.5, 0.6) is 0 Å². The van der Waals surface area contributed by atoms with Crippen molar-refractivity contribution in [3.8, 4) is 0 Å². The van der Waals surface area contributed by atoms with Crippen LogP contribution in [-0.4, -0.2) is 54.1 Å². The van der Waals surface area contributed by atoms with E-state index in [-0.39, 0.29) is 18.4 Å². The number of hydrogen-bond acceptors (Lipinski definition) is 4. The van der Waals surface area contributed by atoms with Gasteiger partial charge in [-0.15, -0.1) is 0 Å². The van der Waals surface area contributed by atoms with Gasteiger partial charge in [0.2, 0.25) is 5.91 Å². The maximum absolute atomic E-state index is 12.8. The van der Waals surface area contributed by atoms with Gasteiger partial charge in [-0.1, -0.05) is 6.58 Å². The molecule has 1 atom stereocenters. The van der Waals surface area contributed by atoms with E-state index in [0.717, 1.165) is 18.9 Å². The number of hydrogen-bond donors (Lipinski definition) is 2. The van der Waals surface area contributed by atoms with Gasteiger partial charge in [0.1, 0.15) is 5.92 Å². The maximum Gasteiger partial charge on any atom is 0.312 e. The molecule has 1 fully saturated rings. The second-order valence-electron chi connectivity index (χ2n) is 6.65.